The van der Waals surface area contributed by atoms with E-state index in [0.717, 1.165) is 4.47 Å². The molecule has 0 fully saturated rings. The first kappa shape index (κ1) is 19.5. The molecule has 0 spiro atoms. The number of benzene rings is 1. The van der Waals surface area contributed by atoms with E-state index in [1.54, 1.807) is 36.8 Å². The zero-order chi connectivity index (χ0) is 20.1. The van der Waals surface area contributed by atoms with Gasteiger partial charge in [-0.25, -0.2) is 9.07 Å². The Morgan fingerprint density at radius 1 is 1.32 bits per heavy atom. The number of nitrogens with one attached hydrogen (secondary N) is 1. The van der Waals surface area contributed by atoms with Gasteiger partial charge in [-0.1, -0.05) is 6.07 Å². The molecule has 1 aromatic carbocycles. The molecule has 0 unspecified atom stereocenters. The second-order valence-electron chi connectivity index (χ2n) is 5.82. The summed E-state index contributed by atoms with van der Waals surface area (Å²) in [6, 6.07) is 6.17. The zero-order valence-corrected chi connectivity index (χ0v) is 16.1. The van der Waals surface area contributed by atoms with Crippen LogP contribution in [0.1, 0.15) is 12.0 Å². The van der Waals surface area contributed by atoms with Gasteiger partial charge in [0.05, 0.1) is 10.7 Å². The molecule has 0 saturated carbocycles. The summed E-state index contributed by atoms with van der Waals surface area (Å²) in [5.74, 6) is -0.973. The van der Waals surface area contributed by atoms with Crippen molar-refractivity contribution in [1.82, 2.24) is 19.6 Å². The lowest BCUT2D eigenvalue weighted by Crippen LogP contribution is -2.14. The Bertz CT molecular complexity index is 1040. The van der Waals surface area contributed by atoms with Crippen molar-refractivity contribution in [2.75, 3.05) is 5.32 Å². The first-order valence-electron chi connectivity index (χ1n) is 8.21. The smallest absolute Gasteiger partial charge is 0.249 e. The van der Waals surface area contributed by atoms with Crippen molar-refractivity contribution >= 4 is 39.6 Å². The second-order valence-corrected chi connectivity index (χ2v) is 6.73. The molecule has 28 heavy (non-hydrogen) atoms. The number of hydrogen-bond acceptors (Lipinski definition) is 4. The summed E-state index contributed by atoms with van der Waals surface area (Å²) in [6.45, 7) is 0.333. The summed E-state index contributed by atoms with van der Waals surface area (Å²) >= 11 is 3.26. The van der Waals surface area contributed by atoms with Gasteiger partial charge in [0.1, 0.15) is 11.5 Å². The van der Waals surface area contributed by atoms with Crippen LogP contribution >= 0.6 is 15.9 Å². The van der Waals surface area contributed by atoms with E-state index in [1.165, 1.54) is 27.6 Å². The summed E-state index contributed by atoms with van der Waals surface area (Å²) < 4.78 is 17.9. The third kappa shape index (κ3) is 5.13. The van der Waals surface area contributed by atoms with Crippen molar-refractivity contribution in [2.45, 2.75) is 13.0 Å². The molecule has 0 saturated heterocycles. The summed E-state index contributed by atoms with van der Waals surface area (Å²) in [5, 5.41) is 10.7. The monoisotopic (exact) mass is 446 g/mol. The van der Waals surface area contributed by atoms with Gasteiger partial charge in [0.15, 0.2) is 5.82 Å². The van der Waals surface area contributed by atoms with E-state index in [9.17, 15) is 14.0 Å². The number of nitrogens with zero attached hydrogens (tertiary/aromatic N) is 4. The highest BCUT2D eigenvalue weighted by atomic mass is 79.9. The van der Waals surface area contributed by atoms with E-state index >= 15 is 0 Å². The van der Waals surface area contributed by atoms with E-state index in [2.05, 4.69) is 31.4 Å². The van der Waals surface area contributed by atoms with Crippen LogP contribution in [0, 0.1) is 5.82 Å². The number of aryl methyl sites for hydroxylation is 1. The first-order valence-corrected chi connectivity index (χ1v) is 9.01. The number of hydrogen-bond donors (Lipinski definition) is 2. The average Bonchev–Trinajstić information content (AvgIpc) is 3.27. The van der Waals surface area contributed by atoms with Crippen LogP contribution < -0.4 is 11.1 Å². The van der Waals surface area contributed by atoms with Crippen molar-refractivity contribution in [3.8, 4) is 5.69 Å². The van der Waals surface area contributed by atoms with Crippen LogP contribution in [0.2, 0.25) is 0 Å². The minimum absolute atomic E-state index is 0.159. The Morgan fingerprint density at radius 3 is 2.82 bits per heavy atom. The van der Waals surface area contributed by atoms with E-state index in [4.69, 9.17) is 5.73 Å². The summed E-state index contributed by atoms with van der Waals surface area (Å²) in [5.41, 5.74) is 5.91. The van der Waals surface area contributed by atoms with Crippen LogP contribution in [-0.2, 0) is 16.1 Å². The highest BCUT2D eigenvalue weighted by Gasteiger charge is 2.07. The van der Waals surface area contributed by atoms with Crippen molar-refractivity contribution in [2.24, 2.45) is 5.73 Å². The van der Waals surface area contributed by atoms with Crippen molar-refractivity contribution in [3.63, 3.8) is 0 Å². The summed E-state index contributed by atoms with van der Waals surface area (Å²) in [6.07, 6.45) is 7.76. The number of carbonyl (C=O) groups is 2. The zero-order valence-electron chi connectivity index (χ0n) is 14.5. The topological polar surface area (TPSA) is 108 Å². The third-order valence-corrected chi connectivity index (χ3v) is 4.09. The molecule has 10 heteroatoms. The molecule has 0 aliphatic heterocycles. The lowest BCUT2D eigenvalue weighted by Gasteiger charge is -2.04. The number of aromatic nitrogens is 4. The van der Waals surface area contributed by atoms with Gasteiger partial charge in [-0.3, -0.25) is 14.3 Å². The van der Waals surface area contributed by atoms with E-state index in [1.807, 2.05) is 0 Å². The molecular weight excluding hydrogens is 431 g/mol. The van der Waals surface area contributed by atoms with Gasteiger partial charge in [0.25, 0.3) is 0 Å². The first-order chi connectivity index (χ1) is 13.4. The lowest BCUT2D eigenvalue weighted by molar-refractivity contribution is -0.118. The molecule has 0 atom stereocenters. The minimum Gasteiger partial charge on any atom is -0.370 e. The van der Waals surface area contributed by atoms with Gasteiger partial charge in [-0.2, -0.15) is 10.2 Å². The predicted molar refractivity (Wildman–Crippen MR) is 105 cm³/mol. The Kier molecular flexibility index (Phi) is 5.99. The van der Waals surface area contributed by atoms with Crippen molar-refractivity contribution in [1.29, 1.82) is 0 Å². The minimum atomic E-state index is -0.466. The molecule has 0 aliphatic rings. The van der Waals surface area contributed by atoms with E-state index in [0.29, 0.717) is 23.6 Å². The highest BCUT2D eigenvalue weighted by Crippen LogP contribution is 2.18. The van der Waals surface area contributed by atoms with Crippen molar-refractivity contribution < 1.29 is 14.0 Å². The number of primary amides is 1. The molecule has 144 valence electrons. The number of anilines is 1. The molecule has 0 radical (unpaired) electrons. The van der Waals surface area contributed by atoms with Gasteiger partial charge < -0.3 is 11.1 Å². The maximum atomic E-state index is 14.3. The normalized spacial score (nSPS) is 11.1. The van der Waals surface area contributed by atoms with Crippen LogP contribution in [0.5, 0.6) is 0 Å². The Hall–Kier alpha value is -3.27. The maximum Gasteiger partial charge on any atom is 0.249 e. The molecule has 0 bridgehead atoms. The molecule has 2 amide bonds. The molecule has 3 aromatic rings. The van der Waals surface area contributed by atoms with Crippen LogP contribution in [0.3, 0.4) is 0 Å². The second kappa shape index (κ2) is 8.61. The number of amides is 2. The molecule has 3 N–H and O–H groups in total. The standard InChI is InChI=1S/C18H16BrFN6O2/c19-13-10-22-26(11-13)15-3-1-12(9-14(15)20)2-4-18(28)23-17-6-8-25(24-17)7-5-16(21)27/h1-4,6,8-11H,5,7H2,(H2,21,27)(H,23,24,28)/b4-2+. The molecule has 2 heterocycles. The quantitative estimate of drug-likeness (QED) is 0.543. The SMILES string of the molecule is NC(=O)CCn1ccc(NC(=O)/C=C/c2ccc(-n3cc(Br)cn3)c(F)c2)n1. The predicted octanol–water partition coefficient (Wildman–Crippen LogP) is 2.50. The number of nitrogens with two attached hydrogens (primary N) is 1. The third-order valence-electron chi connectivity index (χ3n) is 3.68. The molecular formula is C18H16BrFN6O2. The molecule has 2 aromatic heterocycles. The van der Waals surface area contributed by atoms with Crippen LogP contribution in [0.25, 0.3) is 11.8 Å². The molecule has 8 nitrogen and oxygen atoms in total. The highest BCUT2D eigenvalue weighted by molar-refractivity contribution is 9.10. The van der Waals surface area contributed by atoms with Gasteiger partial charge >= 0.3 is 0 Å². The summed E-state index contributed by atoms with van der Waals surface area (Å²) in [4.78, 5) is 22.8. The largest absolute Gasteiger partial charge is 0.370 e. The number of halogens is 2. The fraction of sp³-hybridized carbons (Fsp3) is 0.111. The van der Waals surface area contributed by atoms with Crippen LogP contribution in [0.15, 0.2) is 53.4 Å². The van der Waals surface area contributed by atoms with Crippen LogP contribution in [0.4, 0.5) is 10.2 Å². The van der Waals surface area contributed by atoms with Gasteiger partial charge in [-0.05, 0) is 39.7 Å². The maximum absolute atomic E-state index is 14.3. The van der Waals surface area contributed by atoms with Crippen molar-refractivity contribution in [3.05, 3.63) is 64.8 Å². The fourth-order valence-corrected chi connectivity index (χ4v) is 2.65. The average molecular weight is 447 g/mol. The lowest BCUT2D eigenvalue weighted by atomic mass is 10.2. The molecule has 0 aliphatic carbocycles. The Balaban J connectivity index is 1.61. The number of rotatable bonds is 7. The fourth-order valence-electron chi connectivity index (χ4n) is 2.36. The Morgan fingerprint density at radius 2 is 2.14 bits per heavy atom. The Labute approximate surface area is 168 Å². The van der Waals surface area contributed by atoms with Gasteiger partial charge in [0, 0.05) is 37.5 Å². The molecule has 3 rings (SSSR count). The van der Waals surface area contributed by atoms with Crippen LogP contribution in [-0.4, -0.2) is 31.4 Å². The van der Waals surface area contributed by atoms with Gasteiger partial charge in [0.2, 0.25) is 11.8 Å². The number of carbonyl (C=O) groups excluding carboxylic acids is 2. The summed E-state index contributed by atoms with van der Waals surface area (Å²) in [7, 11) is 0. The van der Waals surface area contributed by atoms with Gasteiger partial charge in [-0.15, -0.1) is 0 Å². The van der Waals surface area contributed by atoms with E-state index < -0.39 is 17.6 Å². The van der Waals surface area contributed by atoms with E-state index in [-0.39, 0.29) is 6.42 Å².